The molecule has 17 heavy (non-hydrogen) atoms. The van der Waals surface area contributed by atoms with Crippen LogP contribution in [0, 0.1) is 0 Å². The van der Waals surface area contributed by atoms with Gasteiger partial charge in [-0.3, -0.25) is 4.79 Å². The average Bonchev–Trinajstić information content (AvgIpc) is 2.31. The Hall–Kier alpha value is -1.26. The molecule has 1 aromatic carbocycles. The summed E-state index contributed by atoms with van der Waals surface area (Å²) in [5.41, 5.74) is 6.08. The summed E-state index contributed by atoms with van der Waals surface area (Å²) in [7, 11) is 1.70. The standard InChI is InChI=1S/C12H17ClN2O2/c1-3-17-11-5-4-9(8-10(11)13)15(2)12(16)6-7-14/h4-5,8H,3,6-7,14H2,1-2H3. The lowest BCUT2D eigenvalue weighted by molar-refractivity contribution is -0.118. The topological polar surface area (TPSA) is 55.6 Å². The van der Waals surface area contributed by atoms with Crippen LogP contribution in [0.2, 0.25) is 5.02 Å². The molecule has 0 saturated heterocycles. The maximum atomic E-state index is 11.6. The Labute approximate surface area is 106 Å². The van der Waals surface area contributed by atoms with E-state index in [1.807, 2.05) is 6.92 Å². The Balaban J connectivity index is 2.85. The van der Waals surface area contributed by atoms with Gasteiger partial charge < -0.3 is 15.4 Å². The van der Waals surface area contributed by atoms with Crippen LogP contribution < -0.4 is 15.4 Å². The molecule has 0 fully saturated rings. The molecule has 0 radical (unpaired) electrons. The molecule has 0 bridgehead atoms. The number of halogens is 1. The molecule has 0 saturated carbocycles. The van der Waals surface area contributed by atoms with Gasteiger partial charge in [0.1, 0.15) is 5.75 Å². The second-order valence-corrected chi connectivity index (χ2v) is 3.95. The predicted molar refractivity (Wildman–Crippen MR) is 69.7 cm³/mol. The Morgan fingerprint density at radius 1 is 1.53 bits per heavy atom. The molecule has 94 valence electrons. The van der Waals surface area contributed by atoms with Gasteiger partial charge >= 0.3 is 0 Å². The van der Waals surface area contributed by atoms with Crippen LogP contribution in [0.15, 0.2) is 18.2 Å². The summed E-state index contributed by atoms with van der Waals surface area (Å²) in [5.74, 6) is 0.588. The van der Waals surface area contributed by atoms with Crippen molar-refractivity contribution < 1.29 is 9.53 Å². The van der Waals surface area contributed by atoms with E-state index in [1.54, 1.807) is 25.2 Å². The second kappa shape index (κ2) is 6.47. The van der Waals surface area contributed by atoms with Crippen molar-refractivity contribution in [2.45, 2.75) is 13.3 Å². The van der Waals surface area contributed by atoms with Crippen LogP contribution >= 0.6 is 11.6 Å². The van der Waals surface area contributed by atoms with Crippen LogP contribution in [0.3, 0.4) is 0 Å². The van der Waals surface area contributed by atoms with Gasteiger partial charge in [0.15, 0.2) is 0 Å². The summed E-state index contributed by atoms with van der Waals surface area (Å²) in [4.78, 5) is 13.2. The zero-order valence-electron chi connectivity index (χ0n) is 10.1. The first kappa shape index (κ1) is 13.8. The van der Waals surface area contributed by atoms with Gasteiger partial charge in [0.05, 0.1) is 11.6 Å². The third kappa shape index (κ3) is 3.61. The molecule has 4 nitrogen and oxygen atoms in total. The van der Waals surface area contributed by atoms with E-state index in [4.69, 9.17) is 22.1 Å². The van der Waals surface area contributed by atoms with E-state index < -0.39 is 0 Å². The molecule has 2 N–H and O–H groups in total. The zero-order chi connectivity index (χ0) is 12.8. The minimum Gasteiger partial charge on any atom is -0.492 e. The van der Waals surface area contributed by atoms with Gasteiger partial charge in [-0.05, 0) is 25.1 Å². The molecule has 1 rings (SSSR count). The van der Waals surface area contributed by atoms with Crippen LogP contribution in [0.25, 0.3) is 0 Å². The monoisotopic (exact) mass is 256 g/mol. The maximum absolute atomic E-state index is 11.6. The number of anilines is 1. The summed E-state index contributed by atoms with van der Waals surface area (Å²) < 4.78 is 5.32. The highest BCUT2D eigenvalue weighted by Gasteiger charge is 2.11. The quantitative estimate of drug-likeness (QED) is 0.877. The molecule has 0 unspecified atom stereocenters. The summed E-state index contributed by atoms with van der Waals surface area (Å²) in [6, 6.07) is 5.26. The molecule has 0 atom stereocenters. The van der Waals surface area contributed by atoms with E-state index in [0.717, 1.165) is 5.69 Å². The van der Waals surface area contributed by atoms with E-state index in [1.165, 1.54) is 4.90 Å². The molecular formula is C12H17ClN2O2. The molecule has 1 aromatic rings. The van der Waals surface area contributed by atoms with Gasteiger partial charge in [-0.1, -0.05) is 11.6 Å². The van der Waals surface area contributed by atoms with Crippen LogP contribution in [-0.4, -0.2) is 26.1 Å². The largest absolute Gasteiger partial charge is 0.492 e. The maximum Gasteiger partial charge on any atom is 0.227 e. The number of carbonyl (C=O) groups excluding carboxylic acids is 1. The van der Waals surface area contributed by atoms with Crippen LogP contribution in [0.5, 0.6) is 5.75 Å². The molecule has 0 heterocycles. The highest BCUT2D eigenvalue weighted by atomic mass is 35.5. The molecule has 0 aliphatic carbocycles. The average molecular weight is 257 g/mol. The van der Waals surface area contributed by atoms with Crippen molar-refractivity contribution in [3.05, 3.63) is 23.2 Å². The predicted octanol–water partition coefficient (Wildman–Crippen LogP) is 2.05. The van der Waals surface area contributed by atoms with Crippen molar-refractivity contribution in [3.8, 4) is 5.75 Å². The lowest BCUT2D eigenvalue weighted by Gasteiger charge is -2.18. The highest BCUT2D eigenvalue weighted by Crippen LogP contribution is 2.29. The number of benzene rings is 1. The number of hydrogen-bond acceptors (Lipinski definition) is 3. The zero-order valence-corrected chi connectivity index (χ0v) is 10.8. The van der Waals surface area contributed by atoms with E-state index in [-0.39, 0.29) is 5.91 Å². The minimum atomic E-state index is -0.0345. The van der Waals surface area contributed by atoms with Gasteiger partial charge in [-0.25, -0.2) is 0 Å². The van der Waals surface area contributed by atoms with Gasteiger partial charge in [0.25, 0.3) is 0 Å². The van der Waals surface area contributed by atoms with Crippen molar-refractivity contribution in [2.24, 2.45) is 5.73 Å². The fourth-order valence-electron chi connectivity index (χ4n) is 1.41. The van der Waals surface area contributed by atoms with Crippen molar-refractivity contribution in [1.82, 2.24) is 0 Å². The number of nitrogens with two attached hydrogens (primary N) is 1. The van der Waals surface area contributed by atoms with Gasteiger partial charge in [-0.15, -0.1) is 0 Å². The third-order valence-electron chi connectivity index (χ3n) is 2.33. The first-order chi connectivity index (χ1) is 8.10. The van der Waals surface area contributed by atoms with Crippen molar-refractivity contribution in [3.63, 3.8) is 0 Å². The van der Waals surface area contributed by atoms with Crippen molar-refractivity contribution in [1.29, 1.82) is 0 Å². The van der Waals surface area contributed by atoms with Crippen LogP contribution in [0.1, 0.15) is 13.3 Å². The van der Waals surface area contributed by atoms with Crippen LogP contribution in [-0.2, 0) is 4.79 Å². The van der Waals surface area contributed by atoms with Crippen molar-refractivity contribution in [2.75, 3.05) is 25.1 Å². The second-order valence-electron chi connectivity index (χ2n) is 3.54. The Morgan fingerprint density at radius 2 is 2.24 bits per heavy atom. The number of hydrogen-bond donors (Lipinski definition) is 1. The molecule has 0 aliphatic heterocycles. The van der Waals surface area contributed by atoms with Gasteiger partial charge in [-0.2, -0.15) is 0 Å². The number of amides is 1. The fourth-order valence-corrected chi connectivity index (χ4v) is 1.64. The smallest absolute Gasteiger partial charge is 0.227 e. The fraction of sp³-hybridized carbons (Fsp3) is 0.417. The lowest BCUT2D eigenvalue weighted by atomic mass is 10.2. The van der Waals surface area contributed by atoms with E-state index >= 15 is 0 Å². The van der Waals surface area contributed by atoms with E-state index in [2.05, 4.69) is 0 Å². The number of ether oxygens (including phenoxy) is 1. The lowest BCUT2D eigenvalue weighted by Crippen LogP contribution is -2.28. The Bertz CT molecular complexity index is 396. The van der Waals surface area contributed by atoms with Crippen LogP contribution in [0.4, 0.5) is 5.69 Å². The summed E-state index contributed by atoms with van der Waals surface area (Å²) in [5, 5.41) is 0.497. The Morgan fingerprint density at radius 3 is 2.76 bits per heavy atom. The molecule has 0 aliphatic rings. The van der Waals surface area contributed by atoms with Gasteiger partial charge in [0, 0.05) is 25.7 Å². The SMILES string of the molecule is CCOc1ccc(N(C)C(=O)CCN)cc1Cl. The normalized spacial score (nSPS) is 10.1. The molecule has 1 amide bonds. The summed E-state index contributed by atoms with van der Waals surface area (Å²) >= 11 is 6.05. The minimum absolute atomic E-state index is 0.0345. The molecule has 5 heteroatoms. The van der Waals surface area contributed by atoms with Gasteiger partial charge in [0.2, 0.25) is 5.91 Å². The molecule has 0 spiro atoms. The Kier molecular flexibility index (Phi) is 5.25. The van der Waals surface area contributed by atoms with E-state index in [0.29, 0.717) is 30.3 Å². The number of rotatable bonds is 5. The third-order valence-corrected chi connectivity index (χ3v) is 2.63. The molecule has 0 aromatic heterocycles. The summed E-state index contributed by atoms with van der Waals surface area (Å²) in [6.45, 7) is 2.79. The number of nitrogens with zero attached hydrogens (tertiary/aromatic N) is 1. The van der Waals surface area contributed by atoms with E-state index in [9.17, 15) is 4.79 Å². The first-order valence-electron chi connectivity index (χ1n) is 5.49. The van der Waals surface area contributed by atoms with Crippen molar-refractivity contribution >= 4 is 23.2 Å². The number of carbonyl (C=O) groups is 1. The first-order valence-corrected chi connectivity index (χ1v) is 5.87. The highest BCUT2D eigenvalue weighted by molar-refractivity contribution is 6.32. The molecular weight excluding hydrogens is 240 g/mol. The summed E-state index contributed by atoms with van der Waals surface area (Å²) in [6.07, 6.45) is 0.321.